The lowest BCUT2D eigenvalue weighted by molar-refractivity contribution is 1.07. The van der Waals surface area contributed by atoms with Gasteiger partial charge in [0.05, 0.1) is 5.25 Å². The van der Waals surface area contributed by atoms with Crippen LogP contribution in [0.4, 0.5) is 0 Å². The molecule has 9 heavy (non-hydrogen) atoms. The van der Waals surface area contributed by atoms with Crippen LogP contribution in [0.25, 0.3) is 0 Å². The van der Waals surface area contributed by atoms with E-state index in [0.29, 0.717) is 5.25 Å². The smallest absolute Gasteiger partial charge is 0.0539 e. The van der Waals surface area contributed by atoms with Crippen molar-refractivity contribution in [3.05, 3.63) is 12.3 Å². The zero-order valence-electron chi connectivity index (χ0n) is 6.10. The fraction of sp³-hybridized carbons (Fsp3) is 0.667. The van der Waals surface area contributed by atoms with Gasteiger partial charge in [-0.2, -0.15) is 0 Å². The monoisotopic (exact) mass is 163 g/mol. The van der Waals surface area contributed by atoms with Gasteiger partial charge in [0.15, 0.2) is 0 Å². The van der Waals surface area contributed by atoms with Crippen LogP contribution in [0.5, 0.6) is 0 Å². The second-order valence-corrected chi connectivity index (χ2v) is 3.80. The topological polar surface area (TPSA) is 12.0 Å². The summed E-state index contributed by atoms with van der Waals surface area (Å²) in [6.45, 7) is 9.92. The highest BCUT2D eigenvalue weighted by Gasteiger charge is 2.13. The fourth-order valence-electron chi connectivity index (χ4n) is 0.291. The molecule has 0 aromatic rings. The maximum absolute atomic E-state index is 3.78. The summed E-state index contributed by atoms with van der Waals surface area (Å²) in [5, 5.41) is 0.588. The van der Waals surface area contributed by atoms with Crippen LogP contribution in [0.1, 0.15) is 20.8 Å². The van der Waals surface area contributed by atoms with Gasteiger partial charge in [0.1, 0.15) is 0 Å². The largest absolute Gasteiger partial charge is 0.324 e. The molecule has 1 fully saturated rings. The lowest BCUT2D eigenvalue weighted by Gasteiger charge is -1.94. The van der Waals surface area contributed by atoms with Crippen LogP contribution in [0.3, 0.4) is 0 Å². The van der Waals surface area contributed by atoms with Gasteiger partial charge in [-0.15, -0.1) is 0 Å². The van der Waals surface area contributed by atoms with Gasteiger partial charge < -0.3 is 4.72 Å². The van der Waals surface area contributed by atoms with E-state index in [1.54, 1.807) is 11.0 Å². The van der Waals surface area contributed by atoms with Crippen LogP contribution in [0.2, 0.25) is 0 Å². The summed E-state index contributed by atoms with van der Waals surface area (Å²) in [5.41, 5.74) is 1.13. The van der Waals surface area contributed by atoms with E-state index in [-0.39, 0.29) is 0 Å². The van der Waals surface area contributed by atoms with Gasteiger partial charge in [0.2, 0.25) is 0 Å². The van der Waals surface area contributed by atoms with E-state index < -0.39 is 0 Å². The summed E-state index contributed by atoms with van der Waals surface area (Å²) in [4.78, 5) is 0. The fourth-order valence-corrected chi connectivity index (χ4v) is 2.26. The molecule has 0 radical (unpaired) electrons. The van der Waals surface area contributed by atoms with E-state index in [4.69, 9.17) is 0 Å². The van der Waals surface area contributed by atoms with Gasteiger partial charge in [-0.1, -0.05) is 31.2 Å². The van der Waals surface area contributed by atoms with Gasteiger partial charge in [-0.05, 0) is 6.92 Å². The average molecular weight is 163 g/mol. The van der Waals surface area contributed by atoms with Crippen molar-refractivity contribution in [2.45, 2.75) is 26.0 Å². The highest BCUT2D eigenvalue weighted by atomic mass is 33.1. The predicted molar refractivity (Wildman–Crippen MR) is 48.3 cm³/mol. The highest BCUT2D eigenvalue weighted by Crippen LogP contribution is 2.34. The maximum Gasteiger partial charge on any atom is 0.0539 e. The number of hydrogen-bond donors (Lipinski definition) is 1. The summed E-state index contributed by atoms with van der Waals surface area (Å²) in [6, 6.07) is 0. The van der Waals surface area contributed by atoms with E-state index in [0.717, 1.165) is 5.70 Å². The molecular weight excluding hydrogens is 150 g/mol. The second-order valence-electron chi connectivity index (χ2n) is 1.45. The molecule has 1 aliphatic heterocycles. The van der Waals surface area contributed by atoms with Crippen LogP contribution in [0.15, 0.2) is 12.3 Å². The Hall–Kier alpha value is 0.240. The Morgan fingerprint density at radius 1 is 1.56 bits per heavy atom. The molecule has 1 saturated heterocycles. The Labute approximate surface area is 65.2 Å². The zero-order chi connectivity index (χ0) is 7.28. The summed E-state index contributed by atoms with van der Waals surface area (Å²) in [7, 11) is 3.47. The lowest BCUT2D eigenvalue weighted by atomic mass is 10.4. The minimum atomic E-state index is 0.588. The number of rotatable bonds is 0. The van der Waals surface area contributed by atoms with Crippen LogP contribution in [0, 0.1) is 0 Å². The molecule has 54 valence electrons. The number of nitrogens with one attached hydrogen (secondary N) is 1. The van der Waals surface area contributed by atoms with Crippen molar-refractivity contribution < 1.29 is 0 Å². The first-order chi connectivity index (χ1) is 4.30. The van der Waals surface area contributed by atoms with Crippen molar-refractivity contribution in [3.8, 4) is 0 Å². The third-order valence-electron chi connectivity index (χ3n) is 0.856. The molecule has 0 bridgehead atoms. The molecule has 1 unspecified atom stereocenters. The third kappa shape index (κ3) is 3.06. The van der Waals surface area contributed by atoms with E-state index in [1.807, 2.05) is 24.6 Å². The van der Waals surface area contributed by atoms with Crippen molar-refractivity contribution in [3.63, 3.8) is 0 Å². The molecular formula is C6H13NS2. The van der Waals surface area contributed by atoms with Crippen molar-refractivity contribution in [2.75, 3.05) is 0 Å². The van der Waals surface area contributed by atoms with Gasteiger partial charge in [-0.25, -0.2) is 0 Å². The molecule has 0 aromatic carbocycles. The molecule has 1 nitrogen and oxygen atoms in total. The second kappa shape index (κ2) is 5.06. The zero-order valence-corrected chi connectivity index (χ0v) is 7.73. The quantitative estimate of drug-likeness (QED) is 0.435. The van der Waals surface area contributed by atoms with Gasteiger partial charge >= 0.3 is 0 Å². The lowest BCUT2D eigenvalue weighted by Crippen LogP contribution is -2.00. The highest BCUT2D eigenvalue weighted by molar-refractivity contribution is 8.76. The van der Waals surface area contributed by atoms with Crippen LogP contribution < -0.4 is 4.72 Å². The molecule has 0 amide bonds. The van der Waals surface area contributed by atoms with Crippen molar-refractivity contribution in [1.29, 1.82) is 0 Å². The molecule has 1 N–H and O–H groups in total. The van der Waals surface area contributed by atoms with Crippen LogP contribution in [-0.4, -0.2) is 5.25 Å². The van der Waals surface area contributed by atoms with Gasteiger partial charge in [0.25, 0.3) is 0 Å². The molecule has 0 aliphatic carbocycles. The molecule has 0 saturated carbocycles. The first kappa shape index (κ1) is 9.24. The minimum Gasteiger partial charge on any atom is -0.324 e. The average Bonchev–Trinajstić information content (AvgIpc) is 2.23. The Morgan fingerprint density at radius 3 is 2.22 bits per heavy atom. The Kier molecular flexibility index (Phi) is 5.19. The van der Waals surface area contributed by atoms with Crippen molar-refractivity contribution in [2.24, 2.45) is 0 Å². The standard InChI is InChI=1S/C4H7NS2.C2H6/c1-3-4(2)6-7-5-3;1-2/h4-5H,1H2,2H3;1-2H3. The summed E-state index contributed by atoms with van der Waals surface area (Å²) in [5.74, 6) is 0. The van der Waals surface area contributed by atoms with E-state index in [9.17, 15) is 0 Å². The normalized spacial score (nSPS) is 24.3. The Bertz CT molecular complexity index is 93.1. The summed E-state index contributed by atoms with van der Waals surface area (Å²) >= 11 is 0. The van der Waals surface area contributed by atoms with Crippen molar-refractivity contribution >= 4 is 21.8 Å². The van der Waals surface area contributed by atoms with Gasteiger partial charge in [0, 0.05) is 16.7 Å². The molecule has 0 aromatic heterocycles. The number of hydrogen-bond acceptors (Lipinski definition) is 3. The molecule has 1 atom stereocenters. The van der Waals surface area contributed by atoms with E-state index in [2.05, 4.69) is 18.2 Å². The first-order valence-electron chi connectivity index (χ1n) is 3.08. The first-order valence-corrected chi connectivity index (χ1v) is 5.29. The SMILES string of the molecule is C=C1NSSC1C.CC. The van der Waals surface area contributed by atoms with Crippen molar-refractivity contribution in [1.82, 2.24) is 4.72 Å². The third-order valence-corrected chi connectivity index (χ3v) is 3.28. The van der Waals surface area contributed by atoms with Crippen LogP contribution >= 0.6 is 21.8 Å². The predicted octanol–water partition coefficient (Wildman–Crippen LogP) is 2.81. The maximum atomic E-state index is 3.78. The summed E-state index contributed by atoms with van der Waals surface area (Å²) < 4.78 is 3.05. The van der Waals surface area contributed by atoms with Crippen LogP contribution in [-0.2, 0) is 0 Å². The molecule has 0 spiro atoms. The Balaban J connectivity index is 0.000000291. The molecule has 3 heteroatoms. The molecule has 1 aliphatic rings. The minimum absolute atomic E-state index is 0.588. The Morgan fingerprint density at radius 2 is 2.11 bits per heavy atom. The van der Waals surface area contributed by atoms with E-state index in [1.165, 1.54) is 0 Å². The summed E-state index contributed by atoms with van der Waals surface area (Å²) in [6.07, 6.45) is 0. The molecule has 1 heterocycles. The van der Waals surface area contributed by atoms with E-state index >= 15 is 0 Å². The molecule has 1 rings (SSSR count). The van der Waals surface area contributed by atoms with Gasteiger partial charge in [-0.3, -0.25) is 0 Å².